The molecule has 0 spiro atoms. The minimum absolute atomic E-state index is 0. The van der Waals surface area contributed by atoms with Gasteiger partial charge in [-0.05, 0) is 36.4 Å². The van der Waals surface area contributed by atoms with Crippen molar-refractivity contribution in [2.24, 2.45) is 0 Å². The predicted molar refractivity (Wildman–Crippen MR) is 109 cm³/mol. The van der Waals surface area contributed by atoms with Crippen molar-refractivity contribution in [3.05, 3.63) is 104 Å². The molecule has 0 bridgehead atoms. The first-order chi connectivity index (χ1) is 13.9. The topological polar surface area (TPSA) is 48.5 Å². The van der Waals surface area contributed by atoms with E-state index in [9.17, 15) is 0 Å². The Hall–Kier alpha value is -2.90. The van der Waals surface area contributed by atoms with Crippen LogP contribution in [0.1, 0.15) is 0 Å². The molecule has 0 N–H and O–H groups in total. The summed E-state index contributed by atoms with van der Waals surface area (Å²) in [7, 11) is 0. The summed E-state index contributed by atoms with van der Waals surface area (Å²) in [6, 6.07) is 26.2. The Bertz CT molecular complexity index is 1130. The normalized spacial score (nSPS) is 9.81. The molecular weight excluding hydrogens is 476 g/mol. The van der Waals surface area contributed by atoms with Gasteiger partial charge in [-0.15, -0.1) is 0 Å². The first kappa shape index (κ1) is 24.4. The number of rotatable bonds is 4. The first-order valence-corrected chi connectivity index (χ1v) is 9.05. The van der Waals surface area contributed by atoms with Crippen molar-refractivity contribution in [1.29, 1.82) is 0 Å². The second-order valence-corrected chi connectivity index (χ2v) is 6.32. The van der Waals surface area contributed by atoms with Gasteiger partial charge in [-0.3, -0.25) is 9.13 Å². The molecule has 5 rings (SSSR count). The van der Waals surface area contributed by atoms with Gasteiger partial charge in [0.2, 0.25) is 0 Å². The van der Waals surface area contributed by atoms with E-state index in [2.05, 4.69) is 34.2 Å². The fourth-order valence-electron chi connectivity index (χ4n) is 3.26. The molecule has 3 heterocycles. The Kier molecular flexibility index (Phi) is 8.59. The van der Waals surface area contributed by atoms with Gasteiger partial charge in [0.1, 0.15) is 11.4 Å². The van der Waals surface area contributed by atoms with Gasteiger partial charge >= 0.3 is 16.8 Å². The Balaban J connectivity index is 0.00000114. The third kappa shape index (κ3) is 4.89. The molecule has 0 unspecified atom stereocenters. The molecule has 31 heavy (non-hydrogen) atoms. The molecule has 157 valence electrons. The molecule has 0 aliphatic rings. The molecule has 3 aromatic heterocycles. The van der Waals surface area contributed by atoms with E-state index in [1.54, 1.807) is 12.4 Å². The quantitative estimate of drug-likeness (QED) is 0.316. The van der Waals surface area contributed by atoms with Gasteiger partial charge in [0.15, 0.2) is 11.6 Å². The molecule has 5 nitrogen and oxygen atoms in total. The van der Waals surface area contributed by atoms with Crippen LogP contribution in [-0.4, -0.2) is 24.1 Å². The summed E-state index contributed by atoms with van der Waals surface area (Å²) in [4.78, 5) is 13.9. The van der Waals surface area contributed by atoms with Gasteiger partial charge in [-0.1, -0.05) is 42.5 Å². The summed E-state index contributed by atoms with van der Waals surface area (Å²) >= 11 is 0. The number of hydrogen-bond acceptors (Lipinski definition) is 3. The smallest absolute Gasteiger partial charge is 1.00 e. The Morgan fingerprint density at radius 3 is 1.35 bits per heavy atom. The molecule has 0 saturated carbocycles. The van der Waals surface area contributed by atoms with E-state index in [1.165, 1.54) is 0 Å². The predicted octanol–water partition coefficient (Wildman–Crippen LogP) is -1.21. The summed E-state index contributed by atoms with van der Waals surface area (Å²) in [6.07, 6.45) is 7.48. The average Bonchev–Trinajstić information content (AvgIpc) is 3.45. The largest absolute Gasteiger partial charge is 2.00 e. The monoisotopic (exact) mass is 492 g/mol. The number of benzene rings is 2. The zero-order chi connectivity index (χ0) is 18.8. The molecule has 0 saturated heterocycles. The number of halogens is 2. The van der Waals surface area contributed by atoms with Crippen LogP contribution in [-0.2, 0) is 16.8 Å². The van der Waals surface area contributed by atoms with Crippen molar-refractivity contribution < 1.29 is 41.6 Å². The number of hydrogen-bond donors (Lipinski definition) is 0. The number of para-hydroxylation sites is 2. The van der Waals surface area contributed by atoms with Crippen molar-refractivity contribution >= 4 is 0 Å². The van der Waals surface area contributed by atoms with Gasteiger partial charge in [-0.2, -0.15) is 0 Å². The van der Waals surface area contributed by atoms with Crippen LogP contribution in [0.4, 0.5) is 0 Å². The van der Waals surface area contributed by atoms with E-state index >= 15 is 0 Å². The van der Waals surface area contributed by atoms with Gasteiger partial charge in [-0.25, -0.2) is 15.0 Å². The van der Waals surface area contributed by atoms with Crippen LogP contribution in [0, 0.1) is 0 Å². The molecule has 2 aromatic carbocycles. The van der Waals surface area contributed by atoms with E-state index in [0.29, 0.717) is 0 Å². The number of pyridine rings is 1. The summed E-state index contributed by atoms with van der Waals surface area (Å²) in [5.74, 6) is 1.59. The molecule has 0 amide bonds. The standard InChI is InChI=1S/C23H17N5.2ClH.Co/c1-3-8-18(9-4-1)27-16-14-24-22(27)20-12-7-13-21(26-20)23-25-15-17-28(23)19-10-5-2-6-11-19;;;/h1-17H;2*1H;/q;;;+2/p-2. The summed E-state index contributed by atoms with van der Waals surface area (Å²) < 4.78 is 4.07. The van der Waals surface area contributed by atoms with Crippen molar-refractivity contribution in [3.8, 4) is 34.4 Å². The fourth-order valence-corrected chi connectivity index (χ4v) is 3.26. The molecular formula is C23H17Cl2CoN5. The van der Waals surface area contributed by atoms with E-state index < -0.39 is 0 Å². The molecule has 5 aromatic rings. The van der Waals surface area contributed by atoms with Crippen LogP contribution in [0.25, 0.3) is 34.4 Å². The maximum absolute atomic E-state index is 4.86. The van der Waals surface area contributed by atoms with Crippen LogP contribution in [0.5, 0.6) is 0 Å². The van der Waals surface area contributed by atoms with Crippen LogP contribution >= 0.6 is 0 Å². The summed E-state index contributed by atoms with van der Waals surface area (Å²) in [5, 5.41) is 0. The van der Waals surface area contributed by atoms with Crippen LogP contribution in [0.3, 0.4) is 0 Å². The van der Waals surface area contributed by atoms with E-state index in [1.807, 2.05) is 76.1 Å². The molecule has 0 fully saturated rings. The van der Waals surface area contributed by atoms with Gasteiger partial charge in [0, 0.05) is 36.2 Å². The van der Waals surface area contributed by atoms with Gasteiger partial charge < -0.3 is 24.8 Å². The van der Waals surface area contributed by atoms with Gasteiger partial charge in [0.25, 0.3) is 0 Å². The Morgan fingerprint density at radius 2 is 0.935 bits per heavy atom. The zero-order valence-corrected chi connectivity index (χ0v) is 18.7. The van der Waals surface area contributed by atoms with E-state index in [4.69, 9.17) is 4.98 Å². The third-order valence-electron chi connectivity index (χ3n) is 4.56. The number of imidazole rings is 2. The molecule has 0 atom stereocenters. The zero-order valence-electron chi connectivity index (χ0n) is 16.1. The molecule has 0 aliphatic carbocycles. The van der Waals surface area contributed by atoms with Gasteiger partial charge in [0.05, 0.1) is 0 Å². The second-order valence-electron chi connectivity index (χ2n) is 6.32. The van der Waals surface area contributed by atoms with Crippen LogP contribution < -0.4 is 24.8 Å². The van der Waals surface area contributed by atoms with E-state index in [0.717, 1.165) is 34.4 Å². The summed E-state index contributed by atoms with van der Waals surface area (Å²) in [6.45, 7) is 0. The second kappa shape index (κ2) is 10.9. The molecule has 1 radical (unpaired) electrons. The maximum Gasteiger partial charge on any atom is 2.00 e. The fraction of sp³-hybridized carbons (Fsp3) is 0. The van der Waals surface area contributed by atoms with Crippen molar-refractivity contribution in [1.82, 2.24) is 24.1 Å². The molecule has 8 heteroatoms. The van der Waals surface area contributed by atoms with Crippen LogP contribution in [0.15, 0.2) is 104 Å². The van der Waals surface area contributed by atoms with Crippen molar-refractivity contribution in [2.75, 3.05) is 0 Å². The SMILES string of the molecule is [Cl-].[Cl-].[Co+2].c1ccc(-n2ccnc2-c2cccc(-c3nccn3-c3ccccc3)n2)cc1. The number of aromatic nitrogens is 5. The first-order valence-electron chi connectivity index (χ1n) is 9.05. The summed E-state index contributed by atoms with van der Waals surface area (Å²) in [5.41, 5.74) is 3.70. The molecule has 0 aliphatic heterocycles. The van der Waals surface area contributed by atoms with Crippen LogP contribution in [0.2, 0.25) is 0 Å². The van der Waals surface area contributed by atoms with Crippen molar-refractivity contribution in [3.63, 3.8) is 0 Å². The maximum atomic E-state index is 4.86. The Labute approximate surface area is 203 Å². The van der Waals surface area contributed by atoms with E-state index in [-0.39, 0.29) is 41.6 Å². The van der Waals surface area contributed by atoms with Crippen molar-refractivity contribution in [2.45, 2.75) is 0 Å². The minimum Gasteiger partial charge on any atom is -1.00 e. The Morgan fingerprint density at radius 1 is 0.516 bits per heavy atom. The third-order valence-corrected chi connectivity index (χ3v) is 4.56. The average molecular weight is 493 g/mol. The minimum atomic E-state index is 0. The number of nitrogens with zero attached hydrogens (tertiary/aromatic N) is 5.